The lowest BCUT2D eigenvalue weighted by Crippen LogP contribution is -2.56. The van der Waals surface area contributed by atoms with Gasteiger partial charge < -0.3 is 10.2 Å². The molecule has 1 aliphatic heterocycles. The van der Waals surface area contributed by atoms with Crippen LogP contribution in [0.3, 0.4) is 0 Å². The Balaban J connectivity index is 1.55. The molecular formula is C16H25N3O. The molecule has 1 atom stereocenters. The van der Waals surface area contributed by atoms with Crippen LogP contribution in [0.2, 0.25) is 0 Å². The number of likely N-dealkylation sites (tertiary alicyclic amines) is 1. The second-order valence-electron chi connectivity index (χ2n) is 7.32. The Bertz CT molecular complexity index is 415. The molecule has 1 amide bonds. The van der Waals surface area contributed by atoms with Gasteiger partial charge in [0.25, 0.3) is 0 Å². The number of nitrogens with one attached hydrogen (secondary N) is 1. The van der Waals surface area contributed by atoms with Gasteiger partial charge >= 0.3 is 0 Å². The van der Waals surface area contributed by atoms with Crippen molar-refractivity contribution >= 4 is 5.91 Å². The average molecular weight is 275 g/mol. The van der Waals surface area contributed by atoms with Gasteiger partial charge in [-0.15, -0.1) is 0 Å². The molecule has 4 rings (SSSR count). The number of amides is 1. The fourth-order valence-electron chi connectivity index (χ4n) is 4.20. The number of hydrogen-bond donors (Lipinski definition) is 1. The second-order valence-corrected chi connectivity index (χ2v) is 7.32. The van der Waals surface area contributed by atoms with E-state index in [0.29, 0.717) is 12.0 Å². The first-order valence-corrected chi connectivity index (χ1v) is 8.00. The van der Waals surface area contributed by atoms with E-state index in [9.17, 15) is 4.79 Å². The van der Waals surface area contributed by atoms with Crippen molar-refractivity contribution in [2.24, 2.45) is 5.41 Å². The van der Waals surface area contributed by atoms with E-state index in [1.165, 1.54) is 38.5 Å². The molecule has 3 saturated carbocycles. The Morgan fingerprint density at radius 1 is 1.30 bits per heavy atom. The monoisotopic (exact) mass is 275 g/mol. The van der Waals surface area contributed by atoms with Crippen molar-refractivity contribution in [3.63, 3.8) is 0 Å². The van der Waals surface area contributed by atoms with E-state index in [0.717, 1.165) is 19.4 Å². The topological polar surface area (TPSA) is 56.1 Å². The highest BCUT2D eigenvalue weighted by atomic mass is 16.2. The zero-order valence-corrected chi connectivity index (χ0v) is 12.5. The number of nitrogens with zero attached hydrogens (tertiary/aromatic N) is 2. The summed E-state index contributed by atoms with van der Waals surface area (Å²) in [6.07, 6.45) is 9.30. The smallest absolute Gasteiger partial charge is 0.237 e. The minimum Gasteiger partial charge on any atom is -0.326 e. The van der Waals surface area contributed by atoms with E-state index >= 15 is 0 Å². The van der Waals surface area contributed by atoms with E-state index in [4.69, 9.17) is 5.26 Å². The summed E-state index contributed by atoms with van der Waals surface area (Å²) in [4.78, 5) is 14.1. The van der Waals surface area contributed by atoms with Crippen molar-refractivity contribution in [2.45, 2.75) is 69.9 Å². The summed E-state index contributed by atoms with van der Waals surface area (Å²) in [6.45, 7) is 3.57. The molecule has 20 heavy (non-hydrogen) atoms. The molecule has 1 heterocycles. The summed E-state index contributed by atoms with van der Waals surface area (Å²) in [7, 11) is 0. The van der Waals surface area contributed by atoms with Gasteiger partial charge in [0.2, 0.25) is 5.91 Å². The number of fused-ring (bicyclic) bond motifs is 3. The van der Waals surface area contributed by atoms with Gasteiger partial charge in [0.1, 0.15) is 6.04 Å². The highest BCUT2D eigenvalue weighted by Crippen LogP contribution is 2.51. The lowest BCUT2D eigenvalue weighted by Gasteiger charge is -2.52. The van der Waals surface area contributed by atoms with Crippen LogP contribution < -0.4 is 5.32 Å². The Labute approximate surface area is 121 Å². The van der Waals surface area contributed by atoms with Crippen LogP contribution in [0.4, 0.5) is 0 Å². The van der Waals surface area contributed by atoms with Crippen LogP contribution >= 0.6 is 0 Å². The van der Waals surface area contributed by atoms with Gasteiger partial charge in [0.05, 0.1) is 12.6 Å². The summed E-state index contributed by atoms with van der Waals surface area (Å²) in [6, 6.07) is 2.05. The highest BCUT2D eigenvalue weighted by molar-refractivity contribution is 5.79. The molecule has 1 saturated heterocycles. The number of nitriles is 1. The van der Waals surface area contributed by atoms with Crippen LogP contribution in [0.1, 0.15) is 58.3 Å². The van der Waals surface area contributed by atoms with Crippen molar-refractivity contribution in [3.8, 4) is 6.07 Å². The first-order valence-electron chi connectivity index (χ1n) is 8.00. The predicted molar refractivity (Wildman–Crippen MR) is 76.9 cm³/mol. The average Bonchev–Trinajstić information content (AvgIpc) is 2.95. The predicted octanol–water partition coefficient (Wildman–Crippen LogP) is 2.20. The van der Waals surface area contributed by atoms with Crippen molar-refractivity contribution in [1.29, 1.82) is 5.26 Å². The number of rotatable bonds is 3. The molecule has 1 unspecified atom stereocenters. The summed E-state index contributed by atoms with van der Waals surface area (Å²) < 4.78 is 0. The SMILES string of the molecule is CC12CCC(NCC(=O)N3CCCC3C#N)(CC1)CC2. The molecule has 4 nitrogen and oxygen atoms in total. The molecule has 4 heteroatoms. The molecule has 110 valence electrons. The first-order chi connectivity index (χ1) is 9.56. The Morgan fingerprint density at radius 3 is 2.55 bits per heavy atom. The molecular weight excluding hydrogens is 250 g/mol. The molecule has 1 N–H and O–H groups in total. The standard InChI is InChI=1S/C16H25N3O/c1-15-4-7-16(8-5-15,9-6-15)18-12-14(20)19-10-2-3-13(19)11-17/h13,18H,2-10,12H2,1H3. The van der Waals surface area contributed by atoms with Crippen LogP contribution in [0.15, 0.2) is 0 Å². The van der Waals surface area contributed by atoms with Crippen molar-refractivity contribution < 1.29 is 4.79 Å². The minimum absolute atomic E-state index is 0.113. The van der Waals surface area contributed by atoms with Crippen LogP contribution in [-0.2, 0) is 4.79 Å². The van der Waals surface area contributed by atoms with Crippen molar-refractivity contribution in [1.82, 2.24) is 10.2 Å². The lowest BCUT2D eigenvalue weighted by atomic mass is 9.58. The van der Waals surface area contributed by atoms with Gasteiger partial charge in [-0.1, -0.05) is 6.92 Å². The van der Waals surface area contributed by atoms with Gasteiger partial charge in [-0.2, -0.15) is 5.26 Å². The largest absolute Gasteiger partial charge is 0.326 e. The molecule has 3 aliphatic carbocycles. The maximum absolute atomic E-state index is 12.3. The molecule has 0 aromatic rings. The molecule has 0 spiro atoms. The van der Waals surface area contributed by atoms with E-state index in [1.807, 2.05) is 0 Å². The van der Waals surface area contributed by atoms with Crippen LogP contribution in [0.5, 0.6) is 0 Å². The van der Waals surface area contributed by atoms with Gasteiger partial charge in [-0.3, -0.25) is 4.79 Å². The minimum atomic E-state index is -0.192. The fourth-order valence-corrected chi connectivity index (χ4v) is 4.20. The maximum Gasteiger partial charge on any atom is 0.237 e. The summed E-state index contributed by atoms with van der Waals surface area (Å²) in [5.41, 5.74) is 0.767. The number of carbonyl (C=O) groups excluding carboxylic acids is 1. The lowest BCUT2D eigenvalue weighted by molar-refractivity contribution is -0.131. The van der Waals surface area contributed by atoms with Gasteiger partial charge in [0.15, 0.2) is 0 Å². The summed E-state index contributed by atoms with van der Waals surface area (Å²) in [5, 5.41) is 12.6. The zero-order valence-electron chi connectivity index (χ0n) is 12.5. The Morgan fingerprint density at radius 2 is 1.95 bits per heavy atom. The summed E-state index contributed by atoms with van der Waals surface area (Å²) >= 11 is 0. The third-order valence-corrected chi connectivity index (χ3v) is 5.96. The maximum atomic E-state index is 12.3. The van der Waals surface area contributed by atoms with Gasteiger partial charge in [-0.25, -0.2) is 0 Å². The van der Waals surface area contributed by atoms with Gasteiger partial charge in [-0.05, 0) is 56.8 Å². The van der Waals surface area contributed by atoms with E-state index < -0.39 is 0 Å². The van der Waals surface area contributed by atoms with Crippen LogP contribution in [-0.4, -0.2) is 35.5 Å². The Kier molecular flexibility index (Phi) is 3.50. The highest BCUT2D eigenvalue weighted by Gasteiger charge is 2.46. The normalized spacial score (nSPS) is 39.8. The molecule has 4 aliphatic rings. The van der Waals surface area contributed by atoms with Crippen LogP contribution in [0, 0.1) is 16.7 Å². The molecule has 2 bridgehead atoms. The van der Waals surface area contributed by atoms with Crippen LogP contribution in [0.25, 0.3) is 0 Å². The molecule has 0 radical (unpaired) electrons. The number of carbonyl (C=O) groups is 1. The van der Waals surface area contributed by atoms with Gasteiger partial charge in [0, 0.05) is 12.1 Å². The van der Waals surface area contributed by atoms with E-state index in [1.54, 1.807) is 4.90 Å². The second kappa shape index (κ2) is 5.04. The van der Waals surface area contributed by atoms with E-state index in [2.05, 4.69) is 18.3 Å². The summed E-state index contributed by atoms with van der Waals surface area (Å²) in [5.74, 6) is 0.113. The van der Waals surface area contributed by atoms with Crippen molar-refractivity contribution in [2.75, 3.05) is 13.1 Å². The first kappa shape index (κ1) is 13.9. The molecule has 0 aromatic carbocycles. The number of hydrogen-bond acceptors (Lipinski definition) is 3. The quantitative estimate of drug-likeness (QED) is 0.859. The van der Waals surface area contributed by atoms with Crippen molar-refractivity contribution in [3.05, 3.63) is 0 Å². The zero-order chi connectivity index (χ0) is 14.2. The third kappa shape index (κ3) is 2.44. The molecule has 0 aromatic heterocycles. The Hall–Kier alpha value is -1.08. The fraction of sp³-hybridized carbons (Fsp3) is 0.875. The third-order valence-electron chi connectivity index (χ3n) is 5.96. The molecule has 4 fully saturated rings. The van der Waals surface area contributed by atoms with E-state index in [-0.39, 0.29) is 17.5 Å².